The molecule has 0 aliphatic rings. The van der Waals surface area contributed by atoms with E-state index in [4.69, 9.17) is 11.3 Å². The van der Waals surface area contributed by atoms with Crippen LogP contribution in [0.5, 0.6) is 0 Å². The van der Waals surface area contributed by atoms with Crippen molar-refractivity contribution in [1.29, 1.82) is 0 Å². The van der Waals surface area contributed by atoms with Gasteiger partial charge in [0.25, 0.3) is 0 Å². The fraction of sp³-hybridized carbons (Fsp3) is 0.222. The lowest BCUT2D eigenvalue weighted by atomic mass is 10.1. The zero-order valence-corrected chi connectivity index (χ0v) is 14.6. The van der Waals surface area contributed by atoms with Crippen molar-refractivity contribution in [3.63, 3.8) is 0 Å². The molecule has 8 nitrogen and oxygen atoms in total. The Morgan fingerprint density at radius 3 is 2.85 bits per heavy atom. The number of benzene rings is 1. The summed E-state index contributed by atoms with van der Waals surface area (Å²) >= 11 is 0. The van der Waals surface area contributed by atoms with Gasteiger partial charge in [-0.25, -0.2) is 14.6 Å². The van der Waals surface area contributed by atoms with E-state index in [1.165, 1.54) is 17.6 Å². The van der Waals surface area contributed by atoms with Crippen LogP contribution in [0.25, 0.3) is 21.9 Å². The number of nitrogens with one attached hydrogen (secondary N) is 2. The molecule has 0 radical (unpaired) electrons. The number of ether oxygens (including phenoxy) is 1. The normalized spacial score (nSPS) is 10.5. The van der Waals surface area contributed by atoms with Gasteiger partial charge in [-0.05, 0) is 25.5 Å². The maximum atomic E-state index is 12.0. The first-order valence-electron chi connectivity index (χ1n) is 7.98. The van der Waals surface area contributed by atoms with Crippen LogP contribution < -0.4 is 5.32 Å². The monoisotopic (exact) mass is 351 g/mol. The molecule has 0 saturated carbocycles. The first-order valence-corrected chi connectivity index (χ1v) is 7.98. The summed E-state index contributed by atoms with van der Waals surface area (Å²) in [6.45, 7) is 12.6. The van der Waals surface area contributed by atoms with E-state index in [2.05, 4.69) is 20.2 Å². The largest absolute Gasteiger partial charge is 0.463 e. The number of carbonyl (C=O) groups excluding carboxylic acids is 2. The fourth-order valence-electron chi connectivity index (χ4n) is 2.61. The van der Waals surface area contributed by atoms with E-state index in [-0.39, 0.29) is 23.8 Å². The average Bonchev–Trinajstić information content (AvgIpc) is 3.14. The van der Waals surface area contributed by atoms with E-state index in [1.54, 1.807) is 13.0 Å². The predicted molar refractivity (Wildman–Crippen MR) is 96.2 cm³/mol. The molecule has 0 spiro atoms. The molecule has 0 aliphatic heterocycles. The highest BCUT2D eigenvalue weighted by Gasteiger charge is 2.21. The van der Waals surface area contributed by atoms with Crippen LogP contribution in [0.3, 0.4) is 0 Å². The van der Waals surface area contributed by atoms with Crippen molar-refractivity contribution in [3.05, 3.63) is 46.9 Å². The maximum absolute atomic E-state index is 12.0. The average molecular weight is 351 g/mol. The molecule has 3 aromatic rings. The second kappa shape index (κ2) is 6.72. The Hall–Kier alpha value is -3.60. The van der Waals surface area contributed by atoms with E-state index >= 15 is 0 Å². The summed E-state index contributed by atoms with van der Waals surface area (Å²) in [5.41, 5.74) is 3.02. The molecule has 0 unspecified atom stereocenters. The topological polar surface area (TPSA) is 92.9 Å². The van der Waals surface area contributed by atoms with E-state index in [0.717, 1.165) is 11.1 Å². The molecule has 2 aromatic heterocycles. The van der Waals surface area contributed by atoms with Gasteiger partial charge in [-0.1, -0.05) is 12.1 Å². The fourth-order valence-corrected chi connectivity index (χ4v) is 2.61. The van der Waals surface area contributed by atoms with Crippen LogP contribution in [0.4, 0.5) is 11.4 Å². The van der Waals surface area contributed by atoms with Gasteiger partial charge in [-0.3, -0.25) is 14.4 Å². The molecule has 26 heavy (non-hydrogen) atoms. The molecular weight excluding hydrogens is 334 g/mol. The lowest BCUT2D eigenvalue weighted by Crippen LogP contribution is -2.07. The van der Waals surface area contributed by atoms with Crippen molar-refractivity contribution in [2.75, 3.05) is 11.9 Å². The molecule has 2 heterocycles. The van der Waals surface area contributed by atoms with Crippen molar-refractivity contribution < 1.29 is 14.3 Å². The molecule has 132 valence electrons. The Morgan fingerprint density at radius 1 is 1.42 bits per heavy atom. The maximum Gasteiger partial charge on any atom is 0.329 e. The number of aromatic nitrogens is 3. The summed E-state index contributed by atoms with van der Waals surface area (Å²) < 4.78 is 6.49. The molecule has 0 fully saturated rings. The predicted octanol–water partition coefficient (Wildman–Crippen LogP) is 3.32. The van der Waals surface area contributed by atoms with Crippen molar-refractivity contribution in [2.24, 2.45) is 0 Å². The summed E-state index contributed by atoms with van der Waals surface area (Å²) in [6, 6.07) is 5.54. The van der Waals surface area contributed by atoms with Gasteiger partial charge in [-0.15, -0.1) is 0 Å². The third-order valence-corrected chi connectivity index (χ3v) is 3.83. The number of aryl methyl sites for hydroxylation is 1. The number of amides is 1. The number of hydrogen-bond acceptors (Lipinski definition) is 4. The van der Waals surface area contributed by atoms with Gasteiger partial charge in [-0.2, -0.15) is 0 Å². The Kier molecular flexibility index (Phi) is 4.45. The van der Waals surface area contributed by atoms with E-state index in [1.807, 2.05) is 19.1 Å². The van der Waals surface area contributed by atoms with Crippen LogP contribution in [0.1, 0.15) is 29.8 Å². The third-order valence-electron chi connectivity index (χ3n) is 3.83. The molecule has 8 heteroatoms. The van der Waals surface area contributed by atoms with Crippen molar-refractivity contribution in [2.45, 2.75) is 20.8 Å². The van der Waals surface area contributed by atoms with Gasteiger partial charge in [0.15, 0.2) is 11.5 Å². The summed E-state index contributed by atoms with van der Waals surface area (Å²) in [5, 5.41) is 5.82. The number of hydrogen-bond donors (Lipinski definition) is 2. The van der Waals surface area contributed by atoms with Crippen LogP contribution in [0.2, 0.25) is 0 Å². The molecule has 0 saturated heterocycles. The highest BCUT2D eigenvalue weighted by atomic mass is 16.5. The van der Waals surface area contributed by atoms with Gasteiger partial charge in [0.2, 0.25) is 11.6 Å². The van der Waals surface area contributed by atoms with E-state index < -0.39 is 5.97 Å². The number of aromatic amines is 1. The van der Waals surface area contributed by atoms with Crippen molar-refractivity contribution >= 4 is 28.9 Å². The second-order valence-corrected chi connectivity index (χ2v) is 5.70. The molecular formula is C18H17N5O3. The standard InChI is InChI=1S/C18H17N5O3/c1-5-26-18(25)13-9-23-17(15(13)19-4)21-16(22-23)12-7-6-10(2)14(8-12)20-11(3)24/h6-9H,5H2,1-3H3,(H,20,24)(H,21,22). The number of esters is 1. The van der Waals surface area contributed by atoms with Gasteiger partial charge in [0.05, 0.1) is 18.7 Å². The van der Waals surface area contributed by atoms with Crippen LogP contribution in [0.15, 0.2) is 24.4 Å². The molecule has 1 aromatic carbocycles. The van der Waals surface area contributed by atoms with Crippen molar-refractivity contribution in [1.82, 2.24) is 14.6 Å². The number of H-pyrrole nitrogens is 1. The third kappa shape index (κ3) is 3.02. The molecule has 2 N–H and O–H groups in total. The minimum atomic E-state index is -0.553. The molecule has 3 rings (SSSR count). The van der Waals surface area contributed by atoms with Crippen molar-refractivity contribution in [3.8, 4) is 11.4 Å². The van der Waals surface area contributed by atoms with E-state index in [0.29, 0.717) is 17.2 Å². The highest BCUT2D eigenvalue weighted by Crippen LogP contribution is 2.30. The summed E-state index contributed by atoms with van der Waals surface area (Å²) in [4.78, 5) is 31.2. The molecule has 0 aliphatic carbocycles. The SMILES string of the molecule is [C-]#[N+]c1c(C(=O)OCC)cn2[nH]c(-c3ccc(C)c(NC(C)=O)c3)nc12. The lowest BCUT2D eigenvalue weighted by molar-refractivity contribution is -0.114. The first kappa shape index (κ1) is 17.2. The molecule has 0 bridgehead atoms. The van der Waals surface area contributed by atoms with Gasteiger partial charge in [0.1, 0.15) is 0 Å². The zero-order valence-electron chi connectivity index (χ0n) is 14.6. The quantitative estimate of drug-likeness (QED) is 0.557. The number of anilines is 1. The zero-order chi connectivity index (χ0) is 18.8. The highest BCUT2D eigenvalue weighted by molar-refractivity contribution is 6.00. The minimum Gasteiger partial charge on any atom is -0.463 e. The molecule has 0 atom stereocenters. The number of fused-ring (bicyclic) bond motifs is 1. The Morgan fingerprint density at radius 2 is 2.19 bits per heavy atom. The smallest absolute Gasteiger partial charge is 0.329 e. The van der Waals surface area contributed by atoms with Gasteiger partial charge >= 0.3 is 5.97 Å². The number of carbonyl (C=O) groups is 2. The minimum absolute atomic E-state index is 0.139. The lowest BCUT2D eigenvalue weighted by Gasteiger charge is -2.07. The van der Waals surface area contributed by atoms with Gasteiger partial charge in [0, 0.05) is 24.4 Å². The second-order valence-electron chi connectivity index (χ2n) is 5.70. The molecule has 1 amide bonds. The van der Waals surface area contributed by atoms with E-state index in [9.17, 15) is 9.59 Å². The summed E-state index contributed by atoms with van der Waals surface area (Å²) in [7, 11) is 0. The number of rotatable bonds is 4. The summed E-state index contributed by atoms with van der Waals surface area (Å²) in [6.07, 6.45) is 1.50. The summed E-state index contributed by atoms with van der Waals surface area (Å²) in [5.74, 6) is -0.193. The van der Waals surface area contributed by atoms with Crippen LogP contribution in [-0.2, 0) is 9.53 Å². The Bertz CT molecular complexity index is 1050. The van der Waals surface area contributed by atoms with Gasteiger partial charge < -0.3 is 10.1 Å². The van der Waals surface area contributed by atoms with Crippen LogP contribution in [-0.4, -0.2) is 33.1 Å². The first-order chi connectivity index (χ1) is 12.4. The number of nitrogens with zero attached hydrogens (tertiary/aromatic N) is 3. The Labute approximate surface area is 149 Å². The van der Waals surface area contributed by atoms with Crippen LogP contribution in [0, 0.1) is 13.5 Å². The van der Waals surface area contributed by atoms with Crippen LogP contribution >= 0.6 is 0 Å². The Balaban J connectivity index is 2.05.